The molecule has 2 aromatic carbocycles. The zero-order chi connectivity index (χ0) is 24.5. The molecular formula is C22H18ClN3O7S. The van der Waals surface area contributed by atoms with Gasteiger partial charge in [-0.2, -0.15) is 0 Å². The Hall–Kier alpha value is -3.83. The fraction of sp³-hybridized carbons (Fsp3) is 0.136. The van der Waals surface area contributed by atoms with Gasteiger partial charge in [0.05, 0.1) is 24.9 Å². The van der Waals surface area contributed by atoms with E-state index in [2.05, 4.69) is 10.3 Å². The molecule has 1 aliphatic heterocycles. The lowest BCUT2D eigenvalue weighted by Gasteiger charge is -2.31. The molecule has 34 heavy (non-hydrogen) atoms. The number of ether oxygens (including phenoxy) is 2. The number of aromatic nitrogens is 1. The molecule has 1 amide bonds. The highest BCUT2D eigenvalue weighted by Crippen LogP contribution is 2.38. The van der Waals surface area contributed by atoms with E-state index in [4.69, 9.17) is 26.2 Å². The summed E-state index contributed by atoms with van der Waals surface area (Å²) in [6.45, 7) is 0.120. The Morgan fingerprint density at radius 1 is 1.15 bits per heavy atom. The summed E-state index contributed by atoms with van der Waals surface area (Å²) in [5.41, 5.74) is 0.294. The van der Waals surface area contributed by atoms with Crippen LogP contribution in [0, 0.1) is 0 Å². The number of pyridine rings is 1. The number of anilines is 2. The maximum absolute atomic E-state index is 13.5. The number of fused-ring (bicyclic) bond motifs is 1. The Morgan fingerprint density at radius 2 is 1.91 bits per heavy atom. The van der Waals surface area contributed by atoms with Crippen molar-refractivity contribution in [2.45, 2.75) is 4.90 Å². The number of carboxylic acid groups (broad SMARTS) is 1. The molecule has 10 nitrogen and oxygen atoms in total. The minimum absolute atomic E-state index is 0.00821. The van der Waals surface area contributed by atoms with Crippen LogP contribution in [0.15, 0.2) is 59.6 Å². The molecule has 0 radical (unpaired) electrons. The molecule has 0 atom stereocenters. The van der Waals surface area contributed by atoms with Crippen LogP contribution in [0.1, 0.15) is 20.7 Å². The van der Waals surface area contributed by atoms with Gasteiger partial charge in [-0.1, -0.05) is 11.6 Å². The molecule has 3 aromatic rings. The van der Waals surface area contributed by atoms with Gasteiger partial charge in [-0.25, -0.2) is 18.2 Å². The molecule has 0 saturated heterocycles. The summed E-state index contributed by atoms with van der Waals surface area (Å²) in [5, 5.41) is 11.7. The summed E-state index contributed by atoms with van der Waals surface area (Å²) in [5.74, 6) is -1.16. The average Bonchev–Trinajstić information content (AvgIpc) is 2.83. The van der Waals surface area contributed by atoms with Gasteiger partial charge in [0.2, 0.25) is 0 Å². The van der Waals surface area contributed by atoms with Gasteiger partial charge in [0.15, 0.2) is 0 Å². The van der Waals surface area contributed by atoms with E-state index in [-0.39, 0.29) is 57.2 Å². The van der Waals surface area contributed by atoms with Crippen molar-refractivity contribution in [1.82, 2.24) is 4.98 Å². The molecule has 12 heteroatoms. The van der Waals surface area contributed by atoms with Crippen molar-refractivity contribution >= 4 is 45.0 Å². The van der Waals surface area contributed by atoms with E-state index in [1.54, 1.807) is 0 Å². The Labute approximate surface area is 199 Å². The predicted molar refractivity (Wildman–Crippen MR) is 124 cm³/mol. The maximum Gasteiger partial charge on any atom is 0.337 e. The van der Waals surface area contributed by atoms with Crippen LogP contribution in [-0.4, -0.2) is 50.6 Å². The Balaban J connectivity index is 1.67. The van der Waals surface area contributed by atoms with Gasteiger partial charge < -0.3 is 19.9 Å². The monoisotopic (exact) mass is 503 g/mol. The first-order chi connectivity index (χ1) is 16.2. The second-order valence-corrected chi connectivity index (χ2v) is 9.36. The second kappa shape index (κ2) is 9.20. The number of halogens is 1. The van der Waals surface area contributed by atoms with Crippen molar-refractivity contribution in [2.75, 3.05) is 29.9 Å². The highest BCUT2D eigenvalue weighted by Gasteiger charge is 2.33. The number of aromatic carboxylic acids is 1. The van der Waals surface area contributed by atoms with Crippen molar-refractivity contribution in [3.63, 3.8) is 0 Å². The van der Waals surface area contributed by atoms with E-state index in [9.17, 15) is 18.0 Å². The molecule has 0 fully saturated rings. The van der Waals surface area contributed by atoms with Crippen LogP contribution in [0.25, 0.3) is 0 Å². The van der Waals surface area contributed by atoms with E-state index in [1.165, 1.54) is 55.6 Å². The van der Waals surface area contributed by atoms with E-state index in [0.717, 1.165) is 10.5 Å². The van der Waals surface area contributed by atoms with Gasteiger partial charge in [-0.3, -0.25) is 9.10 Å². The van der Waals surface area contributed by atoms with Crippen molar-refractivity contribution in [3.05, 3.63) is 70.9 Å². The largest absolute Gasteiger partial charge is 0.495 e. The summed E-state index contributed by atoms with van der Waals surface area (Å²) in [7, 11) is -2.75. The van der Waals surface area contributed by atoms with Crippen molar-refractivity contribution in [2.24, 2.45) is 0 Å². The lowest BCUT2D eigenvalue weighted by Crippen LogP contribution is -2.38. The number of benzene rings is 2. The van der Waals surface area contributed by atoms with Gasteiger partial charge in [0.25, 0.3) is 15.9 Å². The first-order valence-electron chi connectivity index (χ1n) is 9.84. The molecule has 4 rings (SSSR count). The number of rotatable bonds is 6. The molecular weight excluding hydrogens is 486 g/mol. The molecule has 0 saturated carbocycles. The number of hydrogen-bond donors (Lipinski definition) is 2. The summed E-state index contributed by atoms with van der Waals surface area (Å²) in [6, 6.07) is 11.3. The van der Waals surface area contributed by atoms with Crippen LogP contribution in [-0.2, 0) is 10.0 Å². The maximum atomic E-state index is 13.5. The number of carboxylic acids is 1. The normalized spacial score (nSPS) is 12.9. The number of nitrogens with one attached hydrogen (secondary N) is 1. The van der Waals surface area contributed by atoms with Gasteiger partial charge in [-0.05, 0) is 48.5 Å². The standard InChI is InChI=1S/C22H18ClN3O7S/c1-32-18-6-4-15(23)11-19(18)34(30,31)26-8-9-33-17-5-2-13(10-16(17)26)21(27)25-20-7-3-14(12-24-20)22(28)29/h2-7,10-12H,8-9H2,1H3,(H,28,29)(H,24,25,27). The van der Waals surface area contributed by atoms with Gasteiger partial charge in [-0.15, -0.1) is 0 Å². The number of nitrogens with zero attached hydrogens (tertiary/aromatic N) is 2. The Kier molecular flexibility index (Phi) is 6.31. The van der Waals surface area contributed by atoms with E-state index in [1.807, 2.05) is 0 Å². The van der Waals surface area contributed by atoms with Crippen LogP contribution in [0.3, 0.4) is 0 Å². The van der Waals surface area contributed by atoms with Crippen LogP contribution >= 0.6 is 11.6 Å². The number of methoxy groups -OCH3 is 1. The molecule has 0 bridgehead atoms. The summed E-state index contributed by atoms with van der Waals surface area (Å²) in [6.07, 6.45) is 1.12. The number of carbonyl (C=O) groups is 2. The van der Waals surface area contributed by atoms with Gasteiger partial charge in [0.1, 0.15) is 28.8 Å². The highest BCUT2D eigenvalue weighted by molar-refractivity contribution is 7.93. The van der Waals surface area contributed by atoms with E-state index < -0.39 is 21.9 Å². The first kappa shape index (κ1) is 23.3. The first-order valence-corrected chi connectivity index (χ1v) is 11.7. The quantitative estimate of drug-likeness (QED) is 0.523. The highest BCUT2D eigenvalue weighted by atomic mass is 35.5. The molecule has 176 valence electrons. The zero-order valence-corrected chi connectivity index (χ0v) is 19.3. The SMILES string of the molecule is COc1ccc(Cl)cc1S(=O)(=O)N1CCOc2ccc(C(=O)Nc3ccc(C(=O)O)cn3)cc21. The molecule has 0 spiro atoms. The third-order valence-corrected chi connectivity index (χ3v) is 7.06. The average molecular weight is 504 g/mol. The fourth-order valence-electron chi connectivity index (χ4n) is 3.34. The number of sulfonamides is 1. The summed E-state index contributed by atoms with van der Waals surface area (Å²) < 4.78 is 39.0. The summed E-state index contributed by atoms with van der Waals surface area (Å²) in [4.78, 5) is 27.5. The topological polar surface area (TPSA) is 135 Å². The number of hydrogen-bond acceptors (Lipinski definition) is 7. The lowest BCUT2D eigenvalue weighted by molar-refractivity contribution is 0.0696. The lowest BCUT2D eigenvalue weighted by atomic mass is 10.1. The molecule has 2 N–H and O–H groups in total. The van der Waals surface area contributed by atoms with Crippen molar-refractivity contribution in [3.8, 4) is 11.5 Å². The molecule has 1 aromatic heterocycles. The molecule has 2 heterocycles. The van der Waals surface area contributed by atoms with Crippen LogP contribution in [0.2, 0.25) is 5.02 Å². The van der Waals surface area contributed by atoms with E-state index in [0.29, 0.717) is 0 Å². The van der Waals surface area contributed by atoms with Crippen molar-refractivity contribution in [1.29, 1.82) is 0 Å². The van der Waals surface area contributed by atoms with Gasteiger partial charge >= 0.3 is 5.97 Å². The Morgan fingerprint density at radius 3 is 2.59 bits per heavy atom. The van der Waals surface area contributed by atoms with Crippen LogP contribution in [0.4, 0.5) is 11.5 Å². The molecule has 0 unspecified atom stereocenters. The summed E-state index contributed by atoms with van der Waals surface area (Å²) >= 11 is 6.04. The minimum Gasteiger partial charge on any atom is -0.495 e. The third-order valence-electron chi connectivity index (χ3n) is 4.99. The number of amides is 1. The zero-order valence-electron chi connectivity index (χ0n) is 17.7. The second-order valence-electron chi connectivity index (χ2n) is 7.09. The predicted octanol–water partition coefficient (Wildman–Crippen LogP) is 3.28. The fourth-order valence-corrected chi connectivity index (χ4v) is 5.21. The molecule has 0 aliphatic carbocycles. The van der Waals surface area contributed by atoms with Crippen LogP contribution in [0.5, 0.6) is 11.5 Å². The van der Waals surface area contributed by atoms with Crippen molar-refractivity contribution < 1.29 is 32.6 Å². The molecule has 1 aliphatic rings. The Bertz CT molecular complexity index is 1380. The number of carbonyl (C=O) groups excluding carboxylic acids is 1. The third kappa shape index (κ3) is 4.47. The van der Waals surface area contributed by atoms with E-state index >= 15 is 0 Å². The van der Waals surface area contributed by atoms with Crippen LogP contribution < -0.4 is 19.1 Å². The minimum atomic E-state index is -4.11. The smallest absolute Gasteiger partial charge is 0.337 e. The van der Waals surface area contributed by atoms with Gasteiger partial charge in [0, 0.05) is 16.8 Å².